The van der Waals surface area contributed by atoms with E-state index >= 15 is 0 Å². The van der Waals surface area contributed by atoms with Crippen LogP contribution in [-0.2, 0) is 14.2 Å². The molecule has 0 aliphatic carbocycles. The van der Waals surface area contributed by atoms with Gasteiger partial charge in [-0.15, -0.1) is 0 Å². The third-order valence-corrected chi connectivity index (χ3v) is 20.2. The smallest absolute Gasteiger partial charge is 0.338 e. The molecule has 8 heteroatoms. The summed E-state index contributed by atoms with van der Waals surface area (Å²) in [4.78, 5) is 11.0. The monoisotopic (exact) mass is 1020 g/mol. The quantitative estimate of drug-likeness (QED) is 0.0957. The van der Waals surface area contributed by atoms with Gasteiger partial charge in [0, 0.05) is 55.4 Å². The summed E-state index contributed by atoms with van der Waals surface area (Å²) in [6, 6.07) is 72.3. The van der Waals surface area contributed by atoms with Crippen molar-refractivity contribution in [3.05, 3.63) is 217 Å². The molecule has 0 radical (unpaired) electrons. The van der Waals surface area contributed by atoms with E-state index in [0.29, 0.717) is 17.8 Å². The van der Waals surface area contributed by atoms with Crippen LogP contribution in [0.2, 0.25) is 0 Å². The zero-order valence-electron chi connectivity index (χ0n) is 45.4. The number of hydrogen-bond acceptors (Lipinski definition) is 4. The molecule has 374 valence electrons. The summed E-state index contributed by atoms with van der Waals surface area (Å²) in [6.45, 7) is 29.3. The molecular formula is C62H86O4P4+4. The van der Waals surface area contributed by atoms with E-state index in [4.69, 9.17) is 9.47 Å². The highest BCUT2D eigenvalue weighted by molar-refractivity contribution is 7.95. The first-order chi connectivity index (χ1) is 33.1. The molecular weight excluding hydrogens is 933 g/mol. The molecule has 0 amide bonds. The van der Waals surface area contributed by atoms with Crippen molar-refractivity contribution in [1.82, 2.24) is 0 Å². The average Bonchev–Trinajstić information content (AvgIpc) is 3.37. The van der Waals surface area contributed by atoms with Gasteiger partial charge in [0.1, 0.15) is 23.2 Å². The van der Waals surface area contributed by atoms with Crippen LogP contribution >= 0.6 is 29.0 Å². The summed E-state index contributed by atoms with van der Waals surface area (Å²) >= 11 is 0. The van der Waals surface area contributed by atoms with Crippen molar-refractivity contribution in [2.75, 3.05) is 88.0 Å². The van der Waals surface area contributed by atoms with Crippen LogP contribution in [0.5, 0.6) is 0 Å². The molecule has 2 unspecified atom stereocenters. The predicted octanol–water partition coefficient (Wildman–Crippen LogP) is 13.5. The minimum absolute atomic E-state index is 0.275. The fourth-order valence-electron chi connectivity index (χ4n) is 6.82. The fraction of sp³-hybridized carbons (Fsp3) is 0.306. The number of carbonyl (C=O) groups excluding carboxylic acids is 1. The van der Waals surface area contributed by atoms with Gasteiger partial charge < -0.3 is 14.2 Å². The Morgan fingerprint density at radius 2 is 0.657 bits per heavy atom. The fourth-order valence-corrected chi connectivity index (χ4v) is 13.2. The van der Waals surface area contributed by atoms with Crippen molar-refractivity contribution in [1.29, 1.82) is 0 Å². The van der Waals surface area contributed by atoms with Crippen molar-refractivity contribution >= 4 is 66.8 Å². The van der Waals surface area contributed by atoms with Gasteiger partial charge in [-0.05, 0) is 112 Å². The molecule has 0 saturated carbocycles. The number of benzene rings is 7. The zero-order chi connectivity index (χ0) is 52.2. The van der Waals surface area contributed by atoms with Crippen LogP contribution in [-0.4, -0.2) is 106 Å². The molecule has 7 aromatic rings. The van der Waals surface area contributed by atoms with E-state index in [1.165, 1.54) is 38.9 Å². The van der Waals surface area contributed by atoms with Gasteiger partial charge in [-0.25, -0.2) is 4.79 Å². The molecule has 70 heavy (non-hydrogen) atoms. The Morgan fingerprint density at radius 1 is 0.400 bits per heavy atom. The second-order valence-corrected chi connectivity index (χ2v) is 37.2. The van der Waals surface area contributed by atoms with E-state index in [2.05, 4.69) is 253 Å². The summed E-state index contributed by atoms with van der Waals surface area (Å²) in [5.41, 5.74) is 1.58. The van der Waals surface area contributed by atoms with Gasteiger partial charge in [0.2, 0.25) is 0 Å². The SMILES string of the molecule is COC(=O)c1ccccc1C.COC(C)CC(C)OC.C[P+](C)(C)C.C[P+](C)(C)c1ccccc1.C[P+](C)(c1ccccc1)c1ccccc1.C[P+](c1ccccc1)(c1ccccc1)c1ccccc1. The lowest BCUT2D eigenvalue weighted by molar-refractivity contribution is 0.0397. The lowest BCUT2D eigenvalue weighted by Crippen LogP contribution is -2.30. The molecule has 0 fully saturated rings. The van der Waals surface area contributed by atoms with Crippen LogP contribution < -0.4 is 31.8 Å². The summed E-state index contributed by atoms with van der Waals surface area (Å²) in [5, 5.41) is 8.73. The second kappa shape index (κ2) is 31.9. The van der Waals surface area contributed by atoms with Gasteiger partial charge in [0.05, 0.1) is 88.0 Å². The number of aryl methyl sites for hydroxylation is 1. The lowest BCUT2D eigenvalue weighted by Gasteiger charge is -2.22. The Balaban J connectivity index is 0.000000302. The van der Waals surface area contributed by atoms with Crippen molar-refractivity contribution in [2.45, 2.75) is 39.4 Å². The standard InChI is InChI=1S/C19H18P.C14H16P.C9H10O2.C9H14P.C7H16O2.C4H12P/c1-20(17-11-5-2-6-12-17,18-13-7-3-8-14-18)19-15-9-4-10-16-19;1-15(2,13-9-5-3-6-10-13)14-11-7-4-8-12-14;1-7-5-3-4-6-8(7)9(10)11-2;1-10(2,3)9-7-5-4-6-8-9;1-6(8-3)5-7(2)9-4;1-5(2,3)4/h2-16H,1H3;3-12H,1-2H3;3-6H,1-2H3;4-8H,1-3H3;6-7H,5H2,1-4H3;1-4H3/q2*+1;;+1;;+1. The first kappa shape index (κ1) is 61.8. The first-order valence-electron chi connectivity index (χ1n) is 23.9. The molecule has 0 aromatic heterocycles. The lowest BCUT2D eigenvalue weighted by atomic mass is 10.1. The molecule has 0 heterocycles. The zero-order valence-corrected chi connectivity index (χ0v) is 49.0. The minimum atomic E-state index is -1.53. The number of esters is 1. The molecule has 0 saturated heterocycles. The molecule has 0 aliphatic heterocycles. The first-order valence-corrected chi connectivity index (χ1v) is 35.6. The summed E-state index contributed by atoms with van der Waals surface area (Å²) in [7, 11) is 0.984. The highest BCUT2D eigenvalue weighted by atomic mass is 31.2. The highest BCUT2D eigenvalue weighted by Crippen LogP contribution is 2.51. The van der Waals surface area contributed by atoms with E-state index in [1.807, 2.05) is 39.0 Å². The van der Waals surface area contributed by atoms with Gasteiger partial charge in [0.15, 0.2) is 0 Å². The van der Waals surface area contributed by atoms with Crippen LogP contribution in [0.25, 0.3) is 0 Å². The topological polar surface area (TPSA) is 44.8 Å². The Morgan fingerprint density at radius 3 is 0.900 bits per heavy atom. The van der Waals surface area contributed by atoms with Crippen LogP contribution in [0.4, 0.5) is 0 Å². The Hall–Kier alpha value is -4.35. The Kier molecular flexibility index (Phi) is 28.1. The van der Waals surface area contributed by atoms with Gasteiger partial charge in [0.25, 0.3) is 0 Å². The number of ether oxygens (including phenoxy) is 3. The maximum Gasteiger partial charge on any atom is 0.338 e. The van der Waals surface area contributed by atoms with Crippen LogP contribution in [0, 0.1) is 6.92 Å². The highest BCUT2D eigenvalue weighted by Gasteiger charge is 2.39. The van der Waals surface area contributed by atoms with E-state index in [-0.39, 0.29) is 13.2 Å². The molecule has 7 rings (SSSR count). The number of methoxy groups -OCH3 is 3. The van der Waals surface area contributed by atoms with Gasteiger partial charge in [-0.2, -0.15) is 0 Å². The van der Waals surface area contributed by atoms with Crippen LogP contribution in [0.1, 0.15) is 36.2 Å². The van der Waals surface area contributed by atoms with Gasteiger partial charge >= 0.3 is 5.97 Å². The Bertz CT molecular complexity index is 2270. The van der Waals surface area contributed by atoms with Gasteiger partial charge in [-0.3, -0.25) is 0 Å². The molecule has 4 nitrogen and oxygen atoms in total. The third-order valence-electron chi connectivity index (χ3n) is 11.2. The van der Waals surface area contributed by atoms with Crippen LogP contribution in [0.15, 0.2) is 206 Å². The Labute approximate surface area is 428 Å². The van der Waals surface area contributed by atoms with Gasteiger partial charge in [-0.1, -0.05) is 127 Å². The summed E-state index contributed by atoms with van der Waals surface area (Å²) < 4.78 is 14.7. The van der Waals surface area contributed by atoms with Crippen molar-refractivity contribution in [3.8, 4) is 0 Å². The molecule has 2 atom stereocenters. The number of carbonyl (C=O) groups is 1. The maximum absolute atomic E-state index is 11.0. The van der Waals surface area contributed by atoms with Crippen molar-refractivity contribution in [3.63, 3.8) is 0 Å². The van der Waals surface area contributed by atoms with E-state index in [1.54, 1.807) is 20.3 Å². The van der Waals surface area contributed by atoms with Crippen LogP contribution in [0.3, 0.4) is 0 Å². The average molecular weight is 1020 g/mol. The van der Waals surface area contributed by atoms with E-state index in [9.17, 15) is 4.79 Å². The molecule has 7 aromatic carbocycles. The molecule has 0 spiro atoms. The predicted molar refractivity (Wildman–Crippen MR) is 323 cm³/mol. The molecule has 0 aliphatic rings. The maximum atomic E-state index is 11.0. The van der Waals surface area contributed by atoms with E-state index in [0.717, 1.165) is 12.0 Å². The number of hydrogen-bond donors (Lipinski definition) is 0. The molecule has 0 N–H and O–H groups in total. The number of rotatable bonds is 11. The largest absolute Gasteiger partial charge is 0.465 e. The normalized spacial score (nSPS) is 11.8. The van der Waals surface area contributed by atoms with Crippen molar-refractivity contribution < 1.29 is 19.0 Å². The second-order valence-electron chi connectivity index (χ2n) is 19.8. The summed E-state index contributed by atoms with van der Waals surface area (Å²) in [6.07, 6.45) is 1.58. The van der Waals surface area contributed by atoms with Crippen molar-refractivity contribution in [2.24, 2.45) is 0 Å². The third kappa shape index (κ3) is 22.8. The molecule has 0 bridgehead atoms. The van der Waals surface area contributed by atoms with E-state index < -0.39 is 21.8 Å². The minimum Gasteiger partial charge on any atom is -0.465 e. The summed E-state index contributed by atoms with van der Waals surface area (Å²) in [5.74, 6) is -0.275.